The molecule has 2 aromatic rings. The first kappa shape index (κ1) is 15.2. The van der Waals surface area contributed by atoms with Crippen LogP contribution in [0.5, 0.6) is 0 Å². The van der Waals surface area contributed by atoms with Gasteiger partial charge in [-0.3, -0.25) is 4.68 Å². The molecule has 0 spiro atoms. The van der Waals surface area contributed by atoms with E-state index in [1.54, 1.807) is 0 Å². The van der Waals surface area contributed by atoms with Gasteiger partial charge in [-0.15, -0.1) is 0 Å². The Kier molecular flexibility index (Phi) is 4.31. The van der Waals surface area contributed by atoms with Crippen LogP contribution in [-0.4, -0.2) is 9.78 Å². The summed E-state index contributed by atoms with van der Waals surface area (Å²) in [6.45, 7) is 7.10. The summed E-state index contributed by atoms with van der Waals surface area (Å²) in [6.07, 6.45) is 2.03. The largest absolute Gasteiger partial charge is 0.378 e. The molecule has 0 radical (unpaired) electrons. The molecule has 20 heavy (non-hydrogen) atoms. The number of hydrogen-bond donors (Lipinski definition) is 1. The molecule has 2 rings (SSSR count). The quantitative estimate of drug-likeness (QED) is 0.895. The molecule has 0 aliphatic rings. The van der Waals surface area contributed by atoms with Gasteiger partial charge in [-0.25, -0.2) is 0 Å². The van der Waals surface area contributed by atoms with E-state index in [-0.39, 0.29) is 5.41 Å². The minimum Gasteiger partial charge on any atom is -0.378 e. The molecule has 0 aliphatic heterocycles. The molecular weight excluding hydrogens is 293 g/mol. The van der Waals surface area contributed by atoms with E-state index in [2.05, 4.69) is 31.2 Å². The zero-order valence-corrected chi connectivity index (χ0v) is 13.7. The Bertz CT molecular complexity index is 592. The smallest absolute Gasteiger partial charge is 0.0727 e. The number of nitrogens with one attached hydrogen (secondary N) is 1. The van der Waals surface area contributed by atoms with Gasteiger partial charge < -0.3 is 5.32 Å². The lowest BCUT2D eigenvalue weighted by atomic mass is 9.89. The summed E-state index contributed by atoms with van der Waals surface area (Å²) in [6, 6.07) is 5.48. The van der Waals surface area contributed by atoms with Crippen molar-refractivity contribution in [2.75, 3.05) is 5.32 Å². The summed E-state index contributed by atoms with van der Waals surface area (Å²) in [4.78, 5) is 0. The summed E-state index contributed by atoms with van der Waals surface area (Å²) in [5, 5.41) is 9.10. The highest BCUT2D eigenvalue weighted by molar-refractivity contribution is 6.39. The number of hydrogen-bond acceptors (Lipinski definition) is 2. The molecule has 108 valence electrons. The van der Waals surface area contributed by atoms with Gasteiger partial charge in [-0.2, -0.15) is 5.10 Å². The van der Waals surface area contributed by atoms with Gasteiger partial charge in [0.2, 0.25) is 0 Å². The van der Waals surface area contributed by atoms with E-state index in [9.17, 15) is 0 Å². The highest BCUT2D eigenvalue weighted by Gasteiger charge is 2.21. The summed E-state index contributed by atoms with van der Waals surface area (Å²) in [5.74, 6) is 0. The van der Waals surface area contributed by atoms with Crippen molar-refractivity contribution < 1.29 is 0 Å². The molecular formula is C15H19Cl2N3. The molecule has 0 bridgehead atoms. The normalized spacial score (nSPS) is 11.7. The number of benzene rings is 1. The first-order chi connectivity index (χ1) is 9.29. The lowest BCUT2D eigenvalue weighted by Crippen LogP contribution is -2.16. The Morgan fingerprint density at radius 3 is 2.35 bits per heavy atom. The highest BCUT2D eigenvalue weighted by Crippen LogP contribution is 2.31. The molecule has 1 heterocycles. The second-order valence-electron chi connectivity index (χ2n) is 5.88. The minimum atomic E-state index is 0.00253. The summed E-state index contributed by atoms with van der Waals surface area (Å²) < 4.78 is 1.84. The maximum absolute atomic E-state index is 6.16. The van der Waals surface area contributed by atoms with Crippen molar-refractivity contribution in [3.63, 3.8) is 0 Å². The molecule has 0 atom stereocenters. The third-order valence-corrected chi connectivity index (χ3v) is 3.66. The molecule has 0 aliphatic carbocycles. The van der Waals surface area contributed by atoms with Crippen molar-refractivity contribution in [2.45, 2.75) is 32.7 Å². The van der Waals surface area contributed by atoms with Gasteiger partial charge in [0, 0.05) is 30.8 Å². The van der Waals surface area contributed by atoms with E-state index in [0.717, 1.165) is 16.9 Å². The number of aryl methyl sites for hydroxylation is 1. The second-order valence-corrected chi connectivity index (χ2v) is 6.69. The van der Waals surface area contributed by atoms with E-state index >= 15 is 0 Å². The fraction of sp³-hybridized carbons (Fsp3) is 0.400. The molecule has 0 amide bonds. The van der Waals surface area contributed by atoms with Crippen LogP contribution in [-0.2, 0) is 19.0 Å². The Morgan fingerprint density at radius 2 is 1.80 bits per heavy atom. The zero-order valence-electron chi connectivity index (χ0n) is 12.2. The van der Waals surface area contributed by atoms with Gasteiger partial charge in [0.15, 0.2) is 0 Å². The Morgan fingerprint density at radius 1 is 1.20 bits per heavy atom. The lowest BCUT2D eigenvalue weighted by Gasteiger charge is -2.18. The number of halogens is 2. The van der Waals surface area contributed by atoms with Crippen molar-refractivity contribution in [3.05, 3.63) is 45.7 Å². The lowest BCUT2D eigenvalue weighted by molar-refractivity contribution is 0.549. The van der Waals surface area contributed by atoms with Crippen molar-refractivity contribution in [2.24, 2.45) is 7.05 Å². The second kappa shape index (κ2) is 5.66. The predicted octanol–water partition coefficient (Wildman–Crippen LogP) is 4.64. The van der Waals surface area contributed by atoms with Crippen LogP contribution < -0.4 is 5.32 Å². The maximum atomic E-state index is 6.16. The van der Waals surface area contributed by atoms with Crippen molar-refractivity contribution >= 4 is 28.9 Å². The van der Waals surface area contributed by atoms with Crippen molar-refractivity contribution in [3.8, 4) is 0 Å². The molecule has 3 nitrogen and oxygen atoms in total. The van der Waals surface area contributed by atoms with E-state index < -0.39 is 0 Å². The van der Waals surface area contributed by atoms with Gasteiger partial charge >= 0.3 is 0 Å². The monoisotopic (exact) mass is 311 g/mol. The summed E-state index contributed by atoms with van der Waals surface area (Å²) in [5.41, 5.74) is 2.99. The molecule has 5 heteroatoms. The molecule has 0 saturated carbocycles. The van der Waals surface area contributed by atoms with E-state index in [4.69, 9.17) is 23.2 Å². The average molecular weight is 312 g/mol. The molecule has 0 fully saturated rings. The average Bonchev–Trinajstić information content (AvgIpc) is 2.70. The first-order valence-electron chi connectivity index (χ1n) is 6.50. The first-order valence-corrected chi connectivity index (χ1v) is 7.25. The predicted molar refractivity (Wildman–Crippen MR) is 85.7 cm³/mol. The number of para-hydroxylation sites is 1. The number of aromatic nitrogens is 2. The van der Waals surface area contributed by atoms with Gasteiger partial charge in [0.1, 0.15) is 0 Å². The van der Waals surface area contributed by atoms with Crippen LogP contribution in [0.3, 0.4) is 0 Å². The van der Waals surface area contributed by atoms with Gasteiger partial charge in [-0.1, -0.05) is 50.0 Å². The number of nitrogens with zero attached hydrogens (tertiary/aromatic N) is 2. The van der Waals surface area contributed by atoms with Crippen LogP contribution in [0.4, 0.5) is 5.69 Å². The van der Waals surface area contributed by atoms with Crippen LogP contribution in [0, 0.1) is 0 Å². The van der Waals surface area contributed by atoms with Crippen LogP contribution in [0.25, 0.3) is 0 Å². The van der Waals surface area contributed by atoms with E-state index in [0.29, 0.717) is 16.6 Å². The zero-order chi connectivity index (χ0) is 14.9. The minimum absolute atomic E-state index is 0.00253. The maximum Gasteiger partial charge on any atom is 0.0727 e. The number of anilines is 1. The summed E-state index contributed by atoms with van der Waals surface area (Å²) >= 11 is 12.3. The Hall–Kier alpha value is -1.19. The van der Waals surface area contributed by atoms with E-state index in [1.807, 2.05) is 36.1 Å². The van der Waals surface area contributed by atoms with Crippen molar-refractivity contribution in [1.29, 1.82) is 0 Å². The van der Waals surface area contributed by atoms with Gasteiger partial charge in [0.25, 0.3) is 0 Å². The molecule has 0 saturated heterocycles. The standard InChI is InChI=1S/C15H19Cl2N3/c1-15(2,3)14-10(9-20(4)19-14)8-18-13-11(16)6-5-7-12(13)17/h5-7,9,18H,8H2,1-4H3. The van der Waals surface area contributed by atoms with E-state index in [1.165, 1.54) is 0 Å². The summed E-state index contributed by atoms with van der Waals surface area (Å²) in [7, 11) is 1.93. The fourth-order valence-corrected chi connectivity index (χ4v) is 2.68. The van der Waals surface area contributed by atoms with Crippen LogP contribution in [0.1, 0.15) is 32.0 Å². The number of rotatable bonds is 3. The SMILES string of the molecule is Cn1cc(CNc2c(Cl)cccc2Cl)c(C(C)(C)C)n1. The molecule has 0 unspecified atom stereocenters. The molecule has 1 aromatic heterocycles. The topological polar surface area (TPSA) is 29.9 Å². The van der Waals surface area contributed by atoms with Crippen LogP contribution in [0.2, 0.25) is 10.0 Å². The third-order valence-electron chi connectivity index (χ3n) is 3.03. The molecule has 1 N–H and O–H groups in total. The van der Waals surface area contributed by atoms with Gasteiger partial charge in [-0.05, 0) is 12.1 Å². The Labute approximate surface area is 129 Å². The fourth-order valence-electron chi connectivity index (χ4n) is 2.15. The highest BCUT2D eigenvalue weighted by atomic mass is 35.5. The van der Waals surface area contributed by atoms with Gasteiger partial charge in [0.05, 0.1) is 21.4 Å². The third kappa shape index (κ3) is 3.28. The van der Waals surface area contributed by atoms with Crippen molar-refractivity contribution in [1.82, 2.24) is 9.78 Å². The van der Waals surface area contributed by atoms with Crippen LogP contribution >= 0.6 is 23.2 Å². The van der Waals surface area contributed by atoms with Crippen LogP contribution in [0.15, 0.2) is 24.4 Å². The molecule has 1 aromatic carbocycles. The Balaban J connectivity index is 2.24.